The van der Waals surface area contributed by atoms with Gasteiger partial charge in [0, 0.05) is 12.1 Å². The van der Waals surface area contributed by atoms with Crippen molar-refractivity contribution in [2.45, 2.75) is 13.5 Å². The molecule has 1 N–H and O–H groups in total. The fraction of sp³-hybridized carbons (Fsp3) is 0.133. The summed E-state index contributed by atoms with van der Waals surface area (Å²) in [5, 5.41) is 2.69. The third-order valence-corrected chi connectivity index (χ3v) is 2.87. The van der Waals surface area contributed by atoms with Crippen molar-refractivity contribution in [2.75, 3.05) is 0 Å². The first-order valence-electron chi connectivity index (χ1n) is 6.04. The van der Waals surface area contributed by atoms with Crippen LogP contribution in [0.25, 0.3) is 0 Å². The standard InChI is InChI=1S/C15H13FN2O2/c1-10-14(6-13(16)8-17-10)15(20)18-7-11-2-4-12(9-19)5-3-11/h2-6,8-9H,7H2,1H3,(H,18,20). The third-order valence-electron chi connectivity index (χ3n) is 2.87. The lowest BCUT2D eigenvalue weighted by molar-refractivity contribution is 0.0949. The number of aldehydes is 1. The maximum atomic E-state index is 13.1. The van der Waals surface area contributed by atoms with E-state index in [0.717, 1.165) is 24.1 Å². The summed E-state index contributed by atoms with van der Waals surface area (Å²) >= 11 is 0. The molecule has 2 rings (SSSR count). The van der Waals surface area contributed by atoms with Crippen LogP contribution >= 0.6 is 0 Å². The molecule has 0 radical (unpaired) electrons. The minimum absolute atomic E-state index is 0.217. The van der Waals surface area contributed by atoms with Gasteiger partial charge in [0.2, 0.25) is 0 Å². The Bertz CT molecular complexity index is 639. The average molecular weight is 272 g/mol. The van der Waals surface area contributed by atoms with Crippen LogP contribution in [-0.4, -0.2) is 17.2 Å². The number of hydrogen-bond donors (Lipinski definition) is 1. The fourth-order valence-electron chi connectivity index (χ4n) is 1.73. The summed E-state index contributed by atoms with van der Waals surface area (Å²) < 4.78 is 13.1. The van der Waals surface area contributed by atoms with E-state index in [1.54, 1.807) is 31.2 Å². The Kier molecular flexibility index (Phi) is 4.20. The van der Waals surface area contributed by atoms with E-state index in [2.05, 4.69) is 10.3 Å². The second kappa shape index (κ2) is 6.06. The summed E-state index contributed by atoms with van der Waals surface area (Å²) in [6, 6.07) is 8.00. The maximum absolute atomic E-state index is 13.1. The summed E-state index contributed by atoms with van der Waals surface area (Å²) in [5.74, 6) is -0.926. The molecule has 102 valence electrons. The molecule has 1 amide bonds. The monoisotopic (exact) mass is 272 g/mol. The number of benzene rings is 1. The summed E-state index contributed by atoms with van der Waals surface area (Å²) in [6.07, 6.45) is 1.83. The largest absolute Gasteiger partial charge is 0.348 e. The molecule has 2 aromatic rings. The molecule has 0 spiro atoms. The molecule has 0 atom stereocenters. The highest BCUT2D eigenvalue weighted by Crippen LogP contribution is 2.08. The molecule has 0 unspecified atom stereocenters. The first-order chi connectivity index (χ1) is 9.60. The molecule has 0 fully saturated rings. The van der Waals surface area contributed by atoms with Crippen LogP contribution in [0.1, 0.15) is 32.0 Å². The zero-order valence-corrected chi connectivity index (χ0v) is 10.9. The van der Waals surface area contributed by atoms with Crippen LogP contribution in [0.15, 0.2) is 36.5 Å². The molecule has 0 saturated carbocycles. The summed E-state index contributed by atoms with van der Waals surface area (Å²) in [4.78, 5) is 26.3. The molecule has 1 aromatic carbocycles. The number of amides is 1. The number of aryl methyl sites for hydroxylation is 1. The van der Waals surface area contributed by atoms with E-state index in [0.29, 0.717) is 17.8 Å². The van der Waals surface area contributed by atoms with Crippen molar-refractivity contribution in [3.8, 4) is 0 Å². The molecule has 20 heavy (non-hydrogen) atoms. The van der Waals surface area contributed by atoms with Gasteiger partial charge in [-0.25, -0.2) is 4.39 Å². The van der Waals surface area contributed by atoms with Gasteiger partial charge in [0.05, 0.1) is 17.5 Å². The van der Waals surface area contributed by atoms with Crippen molar-refractivity contribution in [2.24, 2.45) is 0 Å². The first-order valence-corrected chi connectivity index (χ1v) is 6.04. The van der Waals surface area contributed by atoms with Gasteiger partial charge in [0.1, 0.15) is 12.1 Å². The van der Waals surface area contributed by atoms with Crippen molar-refractivity contribution in [1.29, 1.82) is 0 Å². The van der Waals surface area contributed by atoms with E-state index in [-0.39, 0.29) is 11.5 Å². The second-order valence-corrected chi connectivity index (χ2v) is 4.33. The second-order valence-electron chi connectivity index (χ2n) is 4.33. The van der Waals surface area contributed by atoms with Crippen molar-refractivity contribution < 1.29 is 14.0 Å². The first kappa shape index (κ1) is 13.9. The Balaban J connectivity index is 2.04. The number of halogens is 1. The zero-order chi connectivity index (χ0) is 14.5. The number of carbonyl (C=O) groups excluding carboxylic acids is 2. The van der Waals surface area contributed by atoms with Crippen molar-refractivity contribution in [3.63, 3.8) is 0 Å². The van der Waals surface area contributed by atoms with Crippen LogP contribution < -0.4 is 5.32 Å². The van der Waals surface area contributed by atoms with Gasteiger partial charge in [0.25, 0.3) is 5.91 Å². The molecule has 0 aliphatic rings. The fourth-order valence-corrected chi connectivity index (χ4v) is 1.73. The van der Waals surface area contributed by atoms with Crippen LogP contribution in [0.2, 0.25) is 0 Å². The summed E-state index contributed by atoms with van der Waals surface area (Å²) in [6.45, 7) is 1.95. The van der Waals surface area contributed by atoms with Gasteiger partial charge in [-0.3, -0.25) is 14.6 Å². The van der Waals surface area contributed by atoms with E-state index >= 15 is 0 Å². The quantitative estimate of drug-likeness (QED) is 0.869. The number of carbonyl (C=O) groups is 2. The Hall–Kier alpha value is -2.56. The summed E-state index contributed by atoms with van der Waals surface area (Å²) in [7, 11) is 0. The number of aromatic nitrogens is 1. The van der Waals surface area contributed by atoms with Crippen LogP contribution in [-0.2, 0) is 6.54 Å². The lowest BCUT2D eigenvalue weighted by Gasteiger charge is -2.07. The smallest absolute Gasteiger partial charge is 0.253 e. The van der Waals surface area contributed by atoms with Crippen molar-refractivity contribution in [3.05, 3.63) is 64.7 Å². The van der Waals surface area contributed by atoms with Crippen molar-refractivity contribution in [1.82, 2.24) is 10.3 Å². The summed E-state index contributed by atoms with van der Waals surface area (Å²) in [5.41, 5.74) is 2.12. The Morgan fingerprint density at radius 1 is 1.35 bits per heavy atom. The number of rotatable bonds is 4. The van der Waals surface area contributed by atoms with Gasteiger partial charge in [-0.2, -0.15) is 0 Å². The minimum Gasteiger partial charge on any atom is -0.348 e. The van der Waals surface area contributed by atoms with Crippen LogP contribution in [0, 0.1) is 12.7 Å². The number of hydrogen-bond acceptors (Lipinski definition) is 3. The highest BCUT2D eigenvalue weighted by atomic mass is 19.1. The van der Waals surface area contributed by atoms with E-state index in [4.69, 9.17) is 0 Å². The molecular formula is C15H13FN2O2. The molecular weight excluding hydrogens is 259 g/mol. The number of nitrogens with zero attached hydrogens (tertiary/aromatic N) is 1. The van der Waals surface area contributed by atoms with E-state index in [1.807, 2.05) is 0 Å². The highest BCUT2D eigenvalue weighted by molar-refractivity contribution is 5.95. The van der Waals surface area contributed by atoms with Gasteiger partial charge in [-0.05, 0) is 18.6 Å². The molecule has 0 bridgehead atoms. The Morgan fingerprint density at radius 3 is 2.70 bits per heavy atom. The normalized spacial score (nSPS) is 10.1. The lowest BCUT2D eigenvalue weighted by Crippen LogP contribution is -2.24. The number of nitrogens with one attached hydrogen (secondary N) is 1. The third kappa shape index (κ3) is 3.26. The van der Waals surface area contributed by atoms with Gasteiger partial charge in [-0.1, -0.05) is 24.3 Å². The minimum atomic E-state index is -0.545. The van der Waals surface area contributed by atoms with Crippen LogP contribution in [0.3, 0.4) is 0 Å². The molecule has 1 aromatic heterocycles. The van der Waals surface area contributed by atoms with Gasteiger partial charge < -0.3 is 5.32 Å². The van der Waals surface area contributed by atoms with Crippen LogP contribution in [0.5, 0.6) is 0 Å². The highest BCUT2D eigenvalue weighted by Gasteiger charge is 2.10. The van der Waals surface area contributed by atoms with E-state index in [9.17, 15) is 14.0 Å². The molecule has 5 heteroatoms. The predicted octanol–water partition coefficient (Wildman–Crippen LogP) is 2.27. The SMILES string of the molecule is Cc1ncc(F)cc1C(=O)NCc1ccc(C=O)cc1. The van der Waals surface area contributed by atoms with Gasteiger partial charge in [0.15, 0.2) is 0 Å². The average Bonchev–Trinajstić information content (AvgIpc) is 2.47. The maximum Gasteiger partial charge on any atom is 0.253 e. The molecule has 0 saturated heterocycles. The van der Waals surface area contributed by atoms with Gasteiger partial charge in [-0.15, -0.1) is 0 Å². The topological polar surface area (TPSA) is 59.1 Å². The lowest BCUT2D eigenvalue weighted by atomic mass is 10.1. The molecule has 1 heterocycles. The predicted molar refractivity (Wildman–Crippen MR) is 71.9 cm³/mol. The van der Waals surface area contributed by atoms with E-state index < -0.39 is 5.82 Å². The Morgan fingerprint density at radius 2 is 2.05 bits per heavy atom. The molecule has 0 aliphatic carbocycles. The zero-order valence-electron chi connectivity index (χ0n) is 10.9. The van der Waals surface area contributed by atoms with Crippen LogP contribution in [0.4, 0.5) is 4.39 Å². The molecule has 0 aliphatic heterocycles. The number of pyridine rings is 1. The Labute approximate surface area is 115 Å². The van der Waals surface area contributed by atoms with Gasteiger partial charge >= 0.3 is 0 Å². The van der Waals surface area contributed by atoms with E-state index in [1.165, 1.54) is 0 Å². The van der Waals surface area contributed by atoms with Crippen molar-refractivity contribution >= 4 is 12.2 Å². The molecule has 4 nitrogen and oxygen atoms in total.